The number of hydrogen-bond donors (Lipinski definition) is 0. The predicted molar refractivity (Wildman–Crippen MR) is 311 cm³/mol. The number of halogens is 8. The van der Waals surface area contributed by atoms with Crippen molar-refractivity contribution in [3.8, 4) is 33.8 Å². The van der Waals surface area contributed by atoms with Crippen molar-refractivity contribution in [2.45, 2.75) is 141 Å². The summed E-state index contributed by atoms with van der Waals surface area (Å²) in [5.41, 5.74) is -1.36. The minimum atomic E-state index is -0.845. The van der Waals surface area contributed by atoms with Crippen molar-refractivity contribution in [1.29, 1.82) is 0 Å². The number of aromatic nitrogens is 8. The number of benzene rings is 4. The predicted octanol–water partition coefficient (Wildman–Crippen LogP) is 13.0. The van der Waals surface area contributed by atoms with Gasteiger partial charge < -0.3 is 28.7 Å². The van der Waals surface area contributed by atoms with E-state index in [1.807, 2.05) is 65.2 Å². The third-order valence-corrected chi connectivity index (χ3v) is 17.9. The number of piperazine rings is 2. The van der Waals surface area contributed by atoms with Crippen molar-refractivity contribution >= 4 is 114 Å². The van der Waals surface area contributed by atoms with Crippen LogP contribution in [-0.2, 0) is 23.6 Å². The van der Waals surface area contributed by atoms with Gasteiger partial charge in [-0.25, -0.2) is 37.1 Å². The van der Waals surface area contributed by atoms with Gasteiger partial charge in [-0.05, 0) is 129 Å². The van der Waals surface area contributed by atoms with E-state index in [2.05, 4.69) is 30.1 Å². The van der Waals surface area contributed by atoms with Crippen molar-refractivity contribution in [2.24, 2.45) is 14.1 Å². The largest absolute Gasteiger partial charge is 0.486 e. The molecule has 84 heavy (non-hydrogen) atoms. The molecular formula is C58H56Cl4F4N12O6. The molecule has 8 aromatic rings. The highest BCUT2D eigenvalue weighted by Gasteiger charge is 2.56. The van der Waals surface area contributed by atoms with Gasteiger partial charge in [0.05, 0.1) is 80.5 Å². The molecule has 4 aromatic heterocycles. The third-order valence-electron chi connectivity index (χ3n) is 16.8. The molecule has 6 aliphatic heterocycles. The minimum Gasteiger partial charge on any atom is -0.486 e. The Morgan fingerprint density at radius 3 is 1.32 bits per heavy atom. The van der Waals surface area contributed by atoms with E-state index in [0.717, 1.165) is 25.7 Å². The summed E-state index contributed by atoms with van der Waals surface area (Å²) in [4.78, 5) is 51.9. The molecule has 14 rings (SSSR count). The molecule has 26 heteroatoms. The van der Waals surface area contributed by atoms with Crippen molar-refractivity contribution in [3.63, 3.8) is 0 Å². The van der Waals surface area contributed by atoms with Gasteiger partial charge in [0, 0.05) is 60.2 Å². The highest BCUT2D eigenvalue weighted by molar-refractivity contribution is 6.38. The van der Waals surface area contributed by atoms with Crippen molar-refractivity contribution in [3.05, 3.63) is 80.5 Å². The second-order valence-electron chi connectivity index (χ2n) is 24.3. The Hall–Kier alpha value is -6.88. The van der Waals surface area contributed by atoms with Crippen LogP contribution in [0.15, 0.2) is 36.7 Å². The first-order valence-corrected chi connectivity index (χ1v) is 29.1. The van der Waals surface area contributed by atoms with Crippen molar-refractivity contribution in [1.82, 2.24) is 49.3 Å². The molecule has 4 bridgehead atoms. The van der Waals surface area contributed by atoms with Crippen LogP contribution in [0, 0.1) is 23.3 Å². The zero-order valence-corrected chi connectivity index (χ0v) is 50.2. The SMILES string of the molecule is C[C@@H]1Oc2c(Cl)c(-c3c(F)ccc4cnn(C)c34)c(F)c3nc(Cl)nc(c23)N2C[C@H]3CC[C@@H]([C@@H]12)N3C(=O)OC(C)(C)C.C[C@@H]1Oc2c(Cl)c(-c3c(F)ccc4cnn(C)c34)c(F)c3nc(Cl)nc(c23)N2C[C@H]3CC[C@@H]([C@@H]12)N3C(=O)OC(C)(C)C. The summed E-state index contributed by atoms with van der Waals surface area (Å²) >= 11 is 26.8. The quantitative estimate of drug-likeness (QED) is 0.118. The van der Waals surface area contributed by atoms with Gasteiger partial charge in [0.25, 0.3) is 0 Å². The number of anilines is 2. The van der Waals surface area contributed by atoms with E-state index in [-0.39, 0.29) is 125 Å². The van der Waals surface area contributed by atoms with Crippen LogP contribution in [0.25, 0.3) is 65.9 Å². The average molecular weight is 1230 g/mol. The molecule has 440 valence electrons. The van der Waals surface area contributed by atoms with Crippen LogP contribution in [0.5, 0.6) is 11.5 Å². The Labute approximate surface area is 498 Å². The monoisotopic (exact) mass is 1230 g/mol. The van der Waals surface area contributed by atoms with E-state index in [1.165, 1.54) is 21.5 Å². The fourth-order valence-electron chi connectivity index (χ4n) is 13.8. The van der Waals surface area contributed by atoms with Crippen LogP contribution in [0.2, 0.25) is 20.6 Å². The molecule has 10 heterocycles. The highest BCUT2D eigenvalue weighted by atomic mass is 35.5. The molecule has 0 spiro atoms. The smallest absolute Gasteiger partial charge is 0.410 e. The maximum Gasteiger partial charge on any atom is 0.410 e. The van der Waals surface area contributed by atoms with Gasteiger partial charge in [0.15, 0.2) is 23.1 Å². The Morgan fingerprint density at radius 1 is 0.571 bits per heavy atom. The second kappa shape index (κ2) is 19.8. The summed E-state index contributed by atoms with van der Waals surface area (Å²) in [5, 5.41) is 9.61. The van der Waals surface area contributed by atoms with E-state index < -0.39 is 46.7 Å². The first-order chi connectivity index (χ1) is 39.7. The van der Waals surface area contributed by atoms with Crippen molar-refractivity contribution in [2.75, 3.05) is 22.9 Å². The molecule has 0 saturated carbocycles. The first-order valence-electron chi connectivity index (χ1n) is 27.6. The number of nitrogens with zero attached hydrogens (tertiary/aromatic N) is 12. The summed E-state index contributed by atoms with van der Waals surface area (Å²) in [7, 11) is 3.29. The van der Waals surface area contributed by atoms with Crippen LogP contribution in [0.4, 0.5) is 38.8 Å². The Morgan fingerprint density at radius 2 is 0.952 bits per heavy atom. The number of aryl methyl sites for hydroxylation is 2. The summed E-state index contributed by atoms with van der Waals surface area (Å²) in [6, 6.07) is 4.04. The number of rotatable bonds is 2. The lowest BCUT2D eigenvalue weighted by Gasteiger charge is -2.48. The van der Waals surface area contributed by atoms with Crippen LogP contribution >= 0.6 is 46.4 Å². The number of hydrogen-bond acceptors (Lipinski definition) is 14. The van der Waals surface area contributed by atoms with Crippen LogP contribution < -0.4 is 19.3 Å². The number of carbonyl (C=O) groups excluding carboxylic acids is 2. The van der Waals surface area contributed by atoms with E-state index in [9.17, 15) is 9.59 Å². The van der Waals surface area contributed by atoms with E-state index in [1.54, 1.807) is 48.4 Å². The fraction of sp³-hybridized carbons (Fsp3) is 0.448. The lowest BCUT2D eigenvalue weighted by molar-refractivity contribution is 0.00000354. The van der Waals surface area contributed by atoms with E-state index >= 15 is 17.6 Å². The highest BCUT2D eigenvalue weighted by Crippen LogP contribution is 2.55. The molecule has 0 N–H and O–H groups in total. The summed E-state index contributed by atoms with van der Waals surface area (Å²) in [6.45, 7) is 15.5. The molecule has 2 amide bonds. The fourth-order valence-corrected chi connectivity index (χ4v) is 14.7. The maximum absolute atomic E-state index is 16.6. The molecule has 4 fully saturated rings. The van der Waals surface area contributed by atoms with Crippen molar-refractivity contribution < 1.29 is 46.1 Å². The molecule has 6 aliphatic rings. The zero-order chi connectivity index (χ0) is 59.7. The van der Waals surface area contributed by atoms with Crippen LogP contribution in [-0.4, -0.2) is 134 Å². The van der Waals surface area contributed by atoms with Gasteiger partial charge in [0.2, 0.25) is 10.6 Å². The number of ether oxygens (including phenoxy) is 4. The van der Waals surface area contributed by atoms with E-state index in [0.29, 0.717) is 46.5 Å². The molecule has 0 aliphatic carbocycles. The maximum atomic E-state index is 16.6. The summed E-state index contributed by atoms with van der Waals surface area (Å²) in [6.07, 6.45) is 4.25. The van der Waals surface area contributed by atoms with Gasteiger partial charge in [-0.2, -0.15) is 20.2 Å². The topological polar surface area (TPSA) is 171 Å². The zero-order valence-electron chi connectivity index (χ0n) is 47.2. The first kappa shape index (κ1) is 56.3. The number of fused-ring (bicyclic) bond motifs is 12. The van der Waals surface area contributed by atoms with Gasteiger partial charge >= 0.3 is 12.2 Å². The number of amides is 2. The molecule has 0 radical (unpaired) electrons. The van der Waals surface area contributed by atoms with Gasteiger partial charge in [-0.3, -0.25) is 19.2 Å². The Bertz CT molecular complexity index is 3880. The van der Waals surface area contributed by atoms with E-state index in [4.69, 9.17) is 65.4 Å². The molecular weight excluding hydrogens is 1180 g/mol. The van der Waals surface area contributed by atoms with Crippen LogP contribution in [0.1, 0.15) is 81.1 Å². The van der Waals surface area contributed by atoms with Crippen LogP contribution in [0.3, 0.4) is 0 Å². The third kappa shape index (κ3) is 8.75. The molecule has 4 aromatic carbocycles. The number of carbonyl (C=O) groups is 2. The van der Waals surface area contributed by atoms with Gasteiger partial charge in [0.1, 0.15) is 57.7 Å². The lowest BCUT2D eigenvalue weighted by Crippen LogP contribution is -2.65. The molecule has 8 atom stereocenters. The Kier molecular flexibility index (Phi) is 13.3. The standard InChI is InChI=1S/2C29H28Cl2F2N6O3/c2*1-12-23-16-9-7-14(39(16)28(40)42-29(2,3)4)11-38(23)26-19-22(35-27(31)36-26)21(33)18(20(30)25(19)41-12)17-15(32)8-6-13-10-34-37(5)24(13)17/h2*6,8,10,12,14,16,23H,7,9,11H2,1-5H3/t2*12-,14+,16-,23+/m00/s1. The average Bonchev–Trinajstić information content (AvgIpc) is 1.51. The normalized spacial score (nSPS) is 23.3. The molecule has 18 nitrogen and oxygen atoms in total. The molecule has 0 unspecified atom stereocenters. The summed E-state index contributed by atoms with van der Waals surface area (Å²) < 4.78 is 91.9. The van der Waals surface area contributed by atoms with Gasteiger partial charge in [-0.15, -0.1) is 0 Å². The Balaban J connectivity index is 0.000000157. The minimum absolute atomic E-state index is 0.0576. The summed E-state index contributed by atoms with van der Waals surface area (Å²) in [5.74, 6) is -2.05. The molecule has 4 saturated heterocycles. The lowest BCUT2D eigenvalue weighted by atomic mass is 9.97. The second-order valence-corrected chi connectivity index (χ2v) is 25.7. The van der Waals surface area contributed by atoms with Gasteiger partial charge in [-0.1, -0.05) is 23.2 Å².